The van der Waals surface area contributed by atoms with Crippen LogP contribution in [0.3, 0.4) is 0 Å². The minimum Gasteiger partial charge on any atom is -0.463 e. The van der Waals surface area contributed by atoms with Crippen LogP contribution in [-0.4, -0.2) is 44.8 Å². The topological polar surface area (TPSA) is 61.8 Å². The number of esters is 1. The van der Waals surface area contributed by atoms with Gasteiger partial charge < -0.3 is 14.2 Å². The van der Waals surface area contributed by atoms with Gasteiger partial charge in [0.2, 0.25) is 0 Å². The van der Waals surface area contributed by atoms with E-state index in [1.807, 2.05) is 0 Å². The first kappa shape index (κ1) is 16.1. The molecule has 0 aliphatic rings. The molecule has 0 aromatic rings. The second kappa shape index (κ2) is 11.5. The minimum atomic E-state index is -0.500. The lowest BCUT2D eigenvalue weighted by molar-refractivity contribution is -0.147. The summed E-state index contributed by atoms with van der Waals surface area (Å²) < 4.78 is 15.2. The van der Waals surface area contributed by atoms with E-state index in [-0.39, 0.29) is 18.8 Å². The first-order chi connectivity index (χ1) is 8.16. The maximum atomic E-state index is 10.9. The van der Waals surface area contributed by atoms with E-state index in [4.69, 9.17) is 14.2 Å². The first-order valence-corrected chi connectivity index (χ1v) is 5.97. The Bertz CT molecular complexity index is 215. The van der Waals surface area contributed by atoms with Gasteiger partial charge in [0, 0.05) is 6.61 Å². The summed E-state index contributed by atoms with van der Waals surface area (Å²) in [6.45, 7) is 5.78. The van der Waals surface area contributed by atoms with E-state index in [2.05, 4.69) is 6.92 Å². The fourth-order valence-electron chi connectivity index (χ4n) is 1.04. The highest BCUT2D eigenvalue weighted by atomic mass is 16.6. The minimum absolute atomic E-state index is 0.167. The Kier molecular flexibility index (Phi) is 10.9. The fraction of sp³-hybridized carbons (Fsp3) is 0.833. The Balaban J connectivity index is 3.13. The van der Waals surface area contributed by atoms with Crippen LogP contribution in [0.5, 0.6) is 0 Å². The number of Topliss-reactive ketones (excluding diaryl/α,β-unsaturated/α-hetero) is 1. The molecule has 5 nitrogen and oxygen atoms in total. The number of carbonyl (C=O) groups is 2. The zero-order valence-corrected chi connectivity index (χ0v) is 10.7. The zero-order chi connectivity index (χ0) is 12.9. The highest BCUT2D eigenvalue weighted by molar-refractivity contribution is 5.94. The van der Waals surface area contributed by atoms with Gasteiger partial charge in [0.05, 0.1) is 19.8 Å². The number of carbonyl (C=O) groups excluding carboxylic acids is 2. The first-order valence-electron chi connectivity index (χ1n) is 5.97. The summed E-state index contributed by atoms with van der Waals surface area (Å²) in [5.74, 6) is -0.694. The van der Waals surface area contributed by atoms with E-state index in [1.165, 1.54) is 6.92 Å². The predicted molar refractivity (Wildman–Crippen MR) is 62.8 cm³/mol. The van der Waals surface area contributed by atoms with E-state index >= 15 is 0 Å². The average Bonchev–Trinajstić information content (AvgIpc) is 2.26. The zero-order valence-electron chi connectivity index (χ0n) is 10.7. The van der Waals surface area contributed by atoms with Gasteiger partial charge in [-0.2, -0.15) is 0 Å². The number of hydrogen-bond acceptors (Lipinski definition) is 5. The van der Waals surface area contributed by atoms with Crippen molar-refractivity contribution >= 4 is 11.8 Å². The van der Waals surface area contributed by atoms with Crippen LogP contribution in [0.15, 0.2) is 0 Å². The molecule has 0 heterocycles. The highest BCUT2D eigenvalue weighted by Gasteiger charge is 2.05. The van der Waals surface area contributed by atoms with Crippen LogP contribution in [0, 0.1) is 0 Å². The molecule has 100 valence electrons. The predicted octanol–water partition coefficient (Wildman–Crippen LogP) is 1.34. The quantitative estimate of drug-likeness (QED) is 0.313. The van der Waals surface area contributed by atoms with E-state index in [1.54, 1.807) is 0 Å². The molecule has 0 radical (unpaired) electrons. The molecule has 0 bridgehead atoms. The molecule has 0 saturated carbocycles. The Labute approximate surface area is 102 Å². The third-order valence-electron chi connectivity index (χ3n) is 1.90. The molecule has 0 saturated heterocycles. The lowest BCUT2D eigenvalue weighted by atomic mass is 10.3. The third-order valence-corrected chi connectivity index (χ3v) is 1.90. The molecule has 17 heavy (non-hydrogen) atoms. The van der Waals surface area contributed by atoms with Crippen LogP contribution in [0.2, 0.25) is 0 Å². The van der Waals surface area contributed by atoms with Crippen molar-refractivity contribution in [3.8, 4) is 0 Å². The second-order valence-corrected chi connectivity index (χ2v) is 3.68. The molecule has 0 spiro atoms. The fourth-order valence-corrected chi connectivity index (χ4v) is 1.04. The van der Waals surface area contributed by atoms with Crippen LogP contribution < -0.4 is 0 Å². The molecule has 0 N–H and O–H groups in total. The maximum Gasteiger partial charge on any atom is 0.313 e. The number of ketones is 1. The van der Waals surface area contributed by atoms with Crippen LogP contribution in [-0.2, 0) is 23.8 Å². The number of ether oxygens (including phenoxy) is 3. The summed E-state index contributed by atoms with van der Waals surface area (Å²) in [6, 6.07) is 0. The van der Waals surface area contributed by atoms with Crippen molar-refractivity contribution in [2.75, 3.05) is 33.0 Å². The summed E-state index contributed by atoms with van der Waals surface area (Å²) in [6.07, 6.45) is 2.01. The molecule has 0 aliphatic heterocycles. The molecular weight excluding hydrogens is 224 g/mol. The van der Waals surface area contributed by atoms with Crippen LogP contribution in [0.1, 0.15) is 33.1 Å². The summed E-state index contributed by atoms with van der Waals surface area (Å²) in [4.78, 5) is 21.5. The van der Waals surface area contributed by atoms with Gasteiger partial charge in [-0.3, -0.25) is 9.59 Å². The van der Waals surface area contributed by atoms with Gasteiger partial charge in [0.1, 0.15) is 18.8 Å². The Morgan fingerprint density at radius 3 is 2.12 bits per heavy atom. The molecule has 0 fully saturated rings. The van der Waals surface area contributed by atoms with Crippen molar-refractivity contribution in [3.05, 3.63) is 0 Å². The Morgan fingerprint density at radius 2 is 1.53 bits per heavy atom. The highest BCUT2D eigenvalue weighted by Crippen LogP contribution is 1.90. The maximum absolute atomic E-state index is 10.9. The molecule has 0 unspecified atom stereocenters. The van der Waals surface area contributed by atoms with E-state index < -0.39 is 5.97 Å². The molecule has 0 aromatic carbocycles. The van der Waals surface area contributed by atoms with Gasteiger partial charge in [0.25, 0.3) is 0 Å². The molecule has 0 atom stereocenters. The molecule has 5 heteroatoms. The molecule has 0 amide bonds. The van der Waals surface area contributed by atoms with Gasteiger partial charge in [-0.1, -0.05) is 13.3 Å². The second-order valence-electron chi connectivity index (χ2n) is 3.68. The summed E-state index contributed by atoms with van der Waals surface area (Å²) >= 11 is 0. The monoisotopic (exact) mass is 246 g/mol. The average molecular weight is 246 g/mol. The Morgan fingerprint density at radius 1 is 0.941 bits per heavy atom. The lowest BCUT2D eigenvalue weighted by Crippen LogP contribution is -2.14. The van der Waals surface area contributed by atoms with Crippen LogP contribution >= 0.6 is 0 Å². The van der Waals surface area contributed by atoms with Gasteiger partial charge in [-0.05, 0) is 13.3 Å². The summed E-state index contributed by atoms with van der Waals surface area (Å²) in [5, 5.41) is 0. The molecular formula is C12H22O5. The number of hydrogen-bond donors (Lipinski definition) is 0. The summed E-state index contributed by atoms with van der Waals surface area (Å²) in [7, 11) is 0. The van der Waals surface area contributed by atoms with Gasteiger partial charge >= 0.3 is 5.97 Å². The standard InChI is InChI=1S/C12H22O5/c1-3-4-5-15-6-7-16-8-9-17-12(14)10-11(2)13/h3-10H2,1-2H3. The van der Waals surface area contributed by atoms with Gasteiger partial charge in [-0.25, -0.2) is 0 Å². The van der Waals surface area contributed by atoms with Crippen molar-refractivity contribution in [1.29, 1.82) is 0 Å². The van der Waals surface area contributed by atoms with E-state index in [9.17, 15) is 9.59 Å². The van der Waals surface area contributed by atoms with E-state index in [0.717, 1.165) is 19.4 Å². The van der Waals surface area contributed by atoms with Crippen molar-refractivity contribution in [3.63, 3.8) is 0 Å². The molecule has 0 aromatic heterocycles. The van der Waals surface area contributed by atoms with Gasteiger partial charge in [-0.15, -0.1) is 0 Å². The van der Waals surface area contributed by atoms with Crippen molar-refractivity contribution < 1.29 is 23.8 Å². The van der Waals surface area contributed by atoms with Crippen molar-refractivity contribution in [2.45, 2.75) is 33.1 Å². The van der Waals surface area contributed by atoms with Crippen LogP contribution in [0.4, 0.5) is 0 Å². The van der Waals surface area contributed by atoms with E-state index in [0.29, 0.717) is 19.8 Å². The largest absolute Gasteiger partial charge is 0.463 e. The number of rotatable bonds is 11. The summed E-state index contributed by atoms with van der Waals surface area (Å²) in [5.41, 5.74) is 0. The molecule has 0 rings (SSSR count). The normalized spacial score (nSPS) is 10.2. The van der Waals surface area contributed by atoms with Crippen molar-refractivity contribution in [1.82, 2.24) is 0 Å². The molecule has 0 aliphatic carbocycles. The lowest BCUT2D eigenvalue weighted by Gasteiger charge is -2.06. The van der Waals surface area contributed by atoms with Crippen LogP contribution in [0.25, 0.3) is 0 Å². The smallest absolute Gasteiger partial charge is 0.313 e. The number of unbranched alkanes of at least 4 members (excludes halogenated alkanes) is 1. The Hall–Kier alpha value is -0.940. The third kappa shape index (κ3) is 13.0. The van der Waals surface area contributed by atoms with Crippen molar-refractivity contribution in [2.24, 2.45) is 0 Å². The van der Waals surface area contributed by atoms with Gasteiger partial charge in [0.15, 0.2) is 0 Å². The SMILES string of the molecule is CCCCOCCOCCOC(=O)CC(C)=O.